The molecule has 0 fully saturated rings. The van der Waals surface area contributed by atoms with Crippen LogP contribution < -0.4 is 4.90 Å². The van der Waals surface area contributed by atoms with E-state index in [2.05, 4.69) is 4.98 Å². The lowest BCUT2D eigenvalue weighted by Crippen LogP contribution is -2.58. The smallest absolute Gasteiger partial charge is 0.336 e. The van der Waals surface area contributed by atoms with Gasteiger partial charge in [-0.2, -0.15) is 26.3 Å². The molecule has 2 rings (SSSR count). The first-order valence-electron chi connectivity index (χ1n) is 5.96. The lowest BCUT2D eigenvalue weighted by molar-refractivity contribution is -0.326. The van der Waals surface area contributed by atoms with Crippen LogP contribution in [0.4, 0.5) is 36.4 Å². The van der Waals surface area contributed by atoms with Gasteiger partial charge >= 0.3 is 18.0 Å². The van der Waals surface area contributed by atoms with Gasteiger partial charge in [-0.1, -0.05) is 12.2 Å². The summed E-state index contributed by atoms with van der Waals surface area (Å²) in [5.41, 5.74) is -7.09. The van der Waals surface area contributed by atoms with Gasteiger partial charge in [0.15, 0.2) is 0 Å². The molecule has 9 heteroatoms. The molecule has 2 heterocycles. The molecule has 0 N–H and O–H groups in total. The monoisotopic (exact) mass is 326 g/mol. The van der Waals surface area contributed by atoms with Crippen LogP contribution in [-0.2, 0) is 0 Å². The molecule has 22 heavy (non-hydrogen) atoms. The van der Waals surface area contributed by atoms with Crippen molar-refractivity contribution in [2.75, 3.05) is 11.4 Å². The van der Waals surface area contributed by atoms with Gasteiger partial charge < -0.3 is 4.90 Å². The van der Waals surface area contributed by atoms with Crippen molar-refractivity contribution in [3.8, 4) is 0 Å². The minimum absolute atomic E-state index is 0.0753. The number of allylic oxidation sites excluding steroid dienone is 3. The van der Waals surface area contributed by atoms with E-state index < -0.39 is 23.7 Å². The number of rotatable bonds is 2. The highest BCUT2D eigenvalue weighted by molar-refractivity contribution is 5.56. The Morgan fingerprint density at radius 1 is 1.00 bits per heavy atom. The first-order chi connectivity index (χ1) is 10.1. The first-order valence-corrected chi connectivity index (χ1v) is 5.96. The van der Waals surface area contributed by atoms with Crippen LogP contribution in [0.5, 0.6) is 0 Å². The number of anilines is 1. The minimum Gasteiger partial charge on any atom is -0.336 e. The molecule has 1 aromatic heterocycles. The van der Waals surface area contributed by atoms with E-state index in [1.807, 2.05) is 0 Å². The van der Waals surface area contributed by atoms with Gasteiger partial charge in [0.25, 0.3) is 0 Å². The molecule has 0 aliphatic carbocycles. The number of alkyl halides is 7. The first kappa shape index (κ1) is 16.3. The van der Waals surface area contributed by atoms with Gasteiger partial charge in [0, 0.05) is 12.7 Å². The number of nitrogens with zero attached hydrogens (tertiary/aromatic N) is 2. The van der Waals surface area contributed by atoms with Crippen molar-refractivity contribution >= 4 is 5.69 Å². The summed E-state index contributed by atoms with van der Waals surface area (Å²) in [7, 11) is 0. The second kappa shape index (κ2) is 5.29. The lowest BCUT2D eigenvalue weighted by Gasteiger charge is -2.38. The van der Waals surface area contributed by atoms with Crippen molar-refractivity contribution in [2.24, 2.45) is 0 Å². The zero-order valence-corrected chi connectivity index (χ0v) is 10.8. The van der Waals surface area contributed by atoms with Gasteiger partial charge in [-0.15, -0.1) is 0 Å². The summed E-state index contributed by atoms with van der Waals surface area (Å²) in [5, 5.41) is 0. The summed E-state index contributed by atoms with van der Waals surface area (Å²) < 4.78 is 91.4. The van der Waals surface area contributed by atoms with Gasteiger partial charge in [0.2, 0.25) is 0 Å². The van der Waals surface area contributed by atoms with E-state index in [1.165, 1.54) is 24.4 Å². The van der Waals surface area contributed by atoms with E-state index in [0.717, 1.165) is 12.3 Å². The van der Waals surface area contributed by atoms with Crippen LogP contribution in [0.25, 0.3) is 0 Å². The molecular weight excluding hydrogens is 317 g/mol. The minimum atomic E-state index is -6.15. The summed E-state index contributed by atoms with van der Waals surface area (Å²) >= 11 is 0. The number of hydrogen-bond donors (Lipinski definition) is 0. The summed E-state index contributed by atoms with van der Waals surface area (Å²) in [5.74, 6) is 0. The molecule has 1 aliphatic heterocycles. The van der Waals surface area contributed by atoms with Crippen LogP contribution in [0.3, 0.4) is 0 Å². The van der Waals surface area contributed by atoms with E-state index in [4.69, 9.17) is 0 Å². The molecule has 2 nitrogen and oxygen atoms in total. The number of hydrogen-bond acceptors (Lipinski definition) is 2. The predicted molar refractivity (Wildman–Crippen MR) is 64.8 cm³/mol. The molecule has 0 radical (unpaired) electrons. The zero-order chi connectivity index (χ0) is 16.6. The molecule has 0 saturated heterocycles. The fourth-order valence-electron chi connectivity index (χ4n) is 2.02. The third kappa shape index (κ3) is 2.55. The molecular formula is C13H9F7N2. The van der Waals surface area contributed by atoms with Crippen LogP contribution in [0, 0.1) is 0 Å². The second-order valence-electron chi connectivity index (χ2n) is 4.46. The number of halogens is 7. The fourth-order valence-corrected chi connectivity index (χ4v) is 2.02. The van der Waals surface area contributed by atoms with E-state index in [9.17, 15) is 30.7 Å². The molecule has 1 aliphatic rings. The van der Waals surface area contributed by atoms with E-state index in [-0.39, 0.29) is 12.2 Å². The van der Waals surface area contributed by atoms with Crippen LogP contribution in [0.2, 0.25) is 0 Å². The summed E-state index contributed by atoms with van der Waals surface area (Å²) in [6.45, 7) is -0.338. The molecule has 0 spiro atoms. The van der Waals surface area contributed by atoms with E-state index >= 15 is 0 Å². The van der Waals surface area contributed by atoms with Crippen molar-refractivity contribution < 1.29 is 30.7 Å². The largest absolute Gasteiger partial charge is 0.437 e. The molecule has 0 bridgehead atoms. The van der Waals surface area contributed by atoms with Gasteiger partial charge in [-0.3, -0.25) is 4.98 Å². The molecule has 0 amide bonds. The van der Waals surface area contributed by atoms with Crippen LogP contribution in [-0.4, -0.2) is 29.6 Å². The zero-order valence-electron chi connectivity index (χ0n) is 10.8. The number of pyridine rings is 1. The van der Waals surface area contributed by atoms with Gasteiger partial charge in [0.05, 0.1) is 17.6 Å². The fraction of sp³-hybridized carbons (Fsp3) is 0.308. The molecule has 1 aromatic rings. The lowest BCUT2D eigenvalue weighted by atomic mass is 9.96. The highest BCUT2D eigenvalue weighted by atomic mass is 19.4. The van der Waals surface area contributed by atoms with Crippen molar-refractivity contribution in [1.29, 1.82) is 0 Å². The normalized spacial score (nSPS) is 16.7. The Labute approximate surface area is 120 Å². The highest BCUT2D eigenvalue weighted by Gasteiger charge is 2.75. The maximum Gasteiger partial charge on any atom is 0.437 e. The van der Waals surface area contributed by atoms with Crippen molar-refractivity contribution in [1.82, 2.24) is 4.98 Å². The Morgan fingerprint density at radius 2 is 1.64 bits per heavy atom. The van der Waals surface area contributed by atoms with Crippen molar-refractivity contribution in [3.63, 3.8) is 0 Å². The van der Waals surface area contributed by atoms with Gasteiger partial charge in [-0.05, 0) is 18.2 Å². The van der Waals surface area contributed by atoms with Crippen molar-refractivity contribution in [3.05, 3.63) is 48.5 Å². The van der Waals surface area contributed by atoms with Crippen LogP contribution in [0.15, 0.2) is 48.5 Å². The molecule has 0 aromatic carbocycles. The average molecular weight is 326 g/mol. The van der Waals surface area contributed by atoms with Crippen LogP contribution >= 0.6 is 0 Å². The quantitative estimate of drug-likeness (QED) is 0.758. The SMILES string of the molecule is FC(F)(F)C(F)(C1=CC=CCN1c1cccnc1)C(F)(F)F. The third-order valence-corrected chi connectivity index (χ3v) is 3.06. The summed E-state index contributed by atoms with van der Waals surface area (Å²) in [6.07, 6.45) is -7.22. The second-order valence-corrected chi connectivity index (χ2v) is 4.46. The van der Waals surface area contributed by atoms with Gasteiger partial charge in [-0.25, -0.2) is 4.39 Å². The maximum absolute atomic E-state index is 14.2. The maximum atomic E-state index is 14.2. The van der Waals surface area contributed by atoms with Crippen molar-refractivity contribution in [2.45, 2.75) is 18.0 Å². The molecule has 0 saturated carbocycles. The Hall–Kier alpha value is -2.06. The van der Waals surface area contributed by atoms with Crippen LogP contribution in [0.1, 0.15) is 0 Å². The highest BCUT2D eigenvalue weighted by Crippen LogP contribution is 2.52. The number of aromatic nitrogens is 1. The molecule has 120 valence electrons. The Balaban J connectivity index is 2.59. The molecule has 0 atom stereocenters. The van der Waals surface area contributed by atoms with E-state index in [0.29, 0.717) is 11.0 Å². The van der Waals surface area contributed by atoms with E-state index in [1.54, 1.807) is 0 Å². The molecule has 0 unspecified atom stereocenters. The topological polar surface area (TPSA) is 16.1 Å². The Morgan fingerprint density at radius 3 is 2.14 bits per heavy atom. The Bertz CT molecular complexity index is 573. The average Bonchev–Trinajstić information content (AvgIpc) is 2.45. The standard InChI is InChI=1S/C13H9F7N2/c14-11(12(15,16)17,13(18,19)20)10-5-1-2-7-22(10)9-4-3-6-21-8-9/h1-6,8H,7H2. The summed E-state index contributed by atoms with van der Waals surface area (Å²) in [4.78, 5) is 4.21. The summed E-state index contributed by atoms with van der Waals surface area (Å²) in [6, 6.07) is 2.57. The predicted octanol–water partition coefficient (Wildman–Crippen LogP) is 4.17. The van der Waals surface area contributed by atoms with Gasteiger partial charge in [0.1, 0.15) is 0 Å². The Kier molecular flexibility index (Phi) is 3.92. The third-order valence-electron chi connectivity index (χ3n) is 3.06.